The number of hydrogen-bond donors (Lipinski definition) is 1. The van der Waals surface area contributed by atoms with Gasteiger partial charge in [-0.15, -0.1) is 0 Å². The van der Waals surface area contributed by atoms with Crippen LogP contribution in [0.4, 0.5) is 24.9 Å². The molecular formula is C27H28F3N9O2. The average molecular weight is 568 g/mol. The number of aromatic nitrogens is 5. The fourth-order valence-corrected chi connectivity index (χ4v) is 5.09. The highest BCUT2D eigenvalue weighted by Gasteiger charge is 2.37. The summed E-state index contributed by atoms with van der Waals surface area (Å²) in [6.07, 6.45) is -0.611. The monoisotopic (exact) mass is 567 g/mol. The SMILES string of the molecule is C=CC(=O)N1CCN(c2nc(N3CC(N(C)C)C3)nc3c(Oc4c(C(F)(F)F)ccc5[nH]ncc45)nccc23)CC1. The van der Waals surface area contributed by atoms with E-state index in [2.05, 4.69) is 26.7 Å². The minimum atomic E-state index is -4.67. The lowest BCUT2D eigenvalue weighted by Crippen LogP contribution is -2.58. The molecule has 6 rings (SSSR count). The number of alkyl halides is 3. The van der Waals surface area contributed by atoms with Gasteiger partial charge in [-0.1, -0.05) is 6.58 Å². The van der Waals surface area contributed by atoms with Crippen LogP contribution in [0.25, 0.3) is 21.8 Å². The number of nitrogens with zero attached hydrogens (tertiary/aromatic N) is 8. The van der Waals surface area contributed by atoms with Crippen LogP contribution in [-0.4, -0.2) is 100 Å². The normalized spacial score (nSPS) is 16.5. The van der Waals surface area contributed by atoms with Crippen molar-refractivity contribution in [3.05, 3.63) is 48.8 Å². The number of rotatable bonds is 6. The number of likely N-dealkylation sites (N-methyl/N-ethyl adjacent to an activating group) is 1. The molecular weight excluding hydrogens is 539 g/mol. The van der Waals surface area contributed by atoms with Crippen molar-refractivity contribution >= 4 is 39.5 Å². The molecule has 0 radical (unpaired) electrons. The van der Waals surface area contributed by atoms with E-state index in [4.69, 9.17) is 14.7 Å². The Kier molecular flexibility index (Phi) is 6.64. The highest BCUT2D eigenvalue weighted by atomic mass is 19.4. The second-order valence-corrected chi connectivity index (χ2v) is 10.3. The summed E-state index contributed by atoms with van der Waals surface area (Å²) in [6, 6.07) is 4.32. The van der Waals surface area contributed by atoms with Crippen LogP contribution in [0.1, 0.15) is 5.56 Å². The lowest BCUT2D eigenvalue weighted by Gasteiger charge is -2.43. The first-order valence-corrected chi connectivity index (χ1v) is 13.1. The molecule has 41 heavy (non-hydrogen) atoms. The minimum Gasteiger partial charge on any atom is -0.436 e. The summed E-state index contributed by atoms with van der Waals surface area (Å²) in [5.74, 6) is 0.428. The van der Waals surface area contributed by atoms with Gasteiger partial charge in [-0.25, -0.2) is 9.97 Å². The van der Waals surface area contributed by atoms with Gasteiger partial charge in [0.25, 0.3) is 0 Å². The van der Waals surface area contributed by atoms with Gasteiger partial charge in [0.1, 0.15) is 11.3 Å². The van der Waals surface area contributed by atoms with Crippen LogP contribution < -0.4 is 14.5 Å². The number of hydrogen-bond acceptors (Lipinski definition) is 9. The van der Waals surface area contributed by atoms with Gasteiger partial charge in [-0.05, 0) is 38.4 Å². The lowest BCUT2D eigenvalue weighted by molar-refractivity contribution is -0.138. The molecule has 11 nitrogen and oxygen atoms in total. The molecule has 0 unspecified atom stereocenters. The Hall–Kier alpha value is -4.46. The standard InChI is InChI=1S/C27H28F3N9O2/c1-4-21(40)37-9-11-38(12-10-37)24-17-7-8-31-25(22(17)33-26(34-24)39-14-16(15-39)36(2)3)41-23-18-13-32-35-20(18)6-5-19(23)27(28,29)30/h4-8,13,16H,1,9-12,14-15H2,2-3H3,(H,32,35). The van der Waals surface area contributed by atoms with Crippen LogP contribution >= 0.6 is 0 Å². The molecule has 1 amide bonds. The van der Waals surface area contributed by atoms with Gasteiger partial charge in [-0.2, -0.15) is 23.3 Å². The Morgan fingerprint density at radius 2 is 1.85 bits per heavy atom. The van der Waals surface area contributed by atoms with Gasteiger partial charge < -0.3 is 24.3 Å². The van der Waals surface area contributed by atoms with E-state index in [1.54, 1.807) is 11.0 Å². The molecule has 3 aromatic heterocycles. The quantitative estimate of drug-likeness (QED) is 0.351. The zero-order chi connectivity index (χ0) is 28.9. The number of piperazine rings is 1. The summed E-state index contributed by atoms with van der Waals surface area (Å²) in [6.45, 7) is 6.94. The van der Waals surface area contributed by atoms with Crippen LogP contribution in [0.5, 0.6) is 11.6 Å². The van der Waals surface area contributed by atoms with Gasteiger partial charge in [0.2, 0.25) is 17.7 Å². The van der Waals surface area contributed by atoms with E-state index < -0.39 is 17.5 Å². The van der Waals surface area contributed by atoms with E-state index in [0.29, 0.717) is 73.5 Å². The molecule has 14 heteroatoms. The number of nitrogens with one attached hydrogen (secondary N) is 1. The summed E-state index contributed by atoms with van der Waals surface area (Å²) in [7, 11) is 4.01. The molecule has 2 saturated heterocycles. The van der Waals surface area contributed by atoms with Crippen molar-refractivity contribution in [1.29, 1.82) is 0 Å². The zero-order valence-electron chi connectivity index (χ0n) is 22.5. The smallest absolute Gasteiger partial charge is 0.420 e. The Labute approximate surface area is 233 Å². The van der Waals surface area contributed by atoms with Crippen molar-refractivity contribution in [2.24, 2.45) is 0 Å². The molecule has 5 heterocycles. The number of pyridine rings is 1. The topological polar surface area (TPSA) is 107 Å². The highest BCUT2D eigenvalue weighted by Crippen LogP contribution is 2.43. The third-order valence-corrected chi connectivity index (χ3v) is 7.57. The Balaban J connectivity index is 1.45. The largest absolute Gasteiger partial charge is 0.436 e. The average Bonchev–Trinajstić information content (AvgIpc) is 3.41. The van der Waals surface area contributed by atoms with E-state index >= 15 is 0 Å². The lowest BCUT2D eigenvalue weighted by atomic mass is 10.1. The third-order valence-electron chi connectivity index (χ3n) is 7.57. The van der Waals surface area contributed by atoms with Crippen LogP contribution in [0.3, 0.4) is 0 Å². The van der Waals surface area contributed by atoms with E-state index in [9.17, 15) is 18.0 Å². The number of ether oxygens (including phenoxy) is 1. The van der Waals surface area contributed by atoms with Gasteiger partial charge in [0.05, 0.1) is 28.0 Å². The zero-order valence-corrected chi connectivity index (χ0v) is 22.5. The van der Waals surface area contributed by atoms with Crippen molar-refractivity contribution in [2.75, 3.05) is 63.2 Å². The maximum atomic E-state index is 14.0. The Bertz CT molecular complexity index is 1620. The molecule has 2 aliphatic rings. The van der Waals surface area contributed by atoms with Gasteiger partial charge >= 0.3 is 6.18 Å². The molecule has 2 aliphatic heterocycles. The van der Waals surface area contributed by atoms with Crippen LogP contribution in [0, 0.1) is 0 Å². The first-order chi connectivity index (χ1) is 19.6. The molecule has 2 fully saturated rings. The summed E-state index contributed by atoms with van der Waals surface area (Å²) < 4.78 is 48.1. The van der Waals surface area contributed by atoms with E-state index in [1.807, 2.05) is 23.9 Å². The number of anilines is 2. The summed E-state index contributed by atoms with van der Waals surface area (Å²) in [4.78, 5) is 34.0. The van der Waals surface area contributed by atoms with Gasteiger partial charge in [0.15, 0.2) is 5.75 Å². The third kappa shape index (κ3) is 4.88. The summed E-state index contributed by atoms with van der Waals surface area (Å²) >= 11 is 0. The Morgan fingerprint density at radius 1 is 1.10 bits per heavy atom. The number of aromatic amines is 1. The second-order valence-electron chi connectivity index (χ2n) is 10.3. The fourth-order valence-electron chi connectivity index (χ4n) is 5.09. The van der Waals surface area contributed by atoms with Gasteiger partial charge in [0, 0.05) is 51.5 Å². The van der Waals surface area contributed by atoms with Crippen LogP contribution in [0.15, 0.2) is 43.2 Å². The van der Waals surface area contributed by atoms with Crippen molar-refractivity contribution in [3.8, 4) is 11.6 Å². The number of carbonyl (C=O) groups is 1. The minimum absolute atomic E-state index is 0.0724. The maximum Gasteiger partial charge on any atom is 0.420 e. The Morgan fingerprint density at radius 3 is 2.54 bits per heavy atom. The number of benzene rings is 1. The molecule has 0 atom stereocenters. The number of carbonyl (C=O) groups excluding carboxylic acids is 1. The van der Waals surface area contributed by atoms with Crippen molar-refractivity contribution in [3.63, 3.8) is 0 Å². The predicted octanol–water partition coefficient (Wildman–Crippen LogP) is 3.30. The highest BCUT2D eigenvalue weighted by molar-refractivity contribution is 5.94. The molecule has 214 valence electrons. The summed E-state index contributed by atoms with van der Waals surface area (Å²) in [5.41, 5.74) is -0.259. The molecule has 1 N–H and O–H groups in total. The fraction of sp³-hybridized carbons (Fsp3) is 0.370. The number of amides is 1. The molecule has 0 bridgehead atoms. The van der Waals surface area contributed by atoms with Crippen LogP contribution in [-0.2, 0) is 11.0 Å². The molecule has 0 spiro atoms. The molecule has 4 aromatic rings. The van der Waals surface area contributed by atoms with Crippen molar-refractivity contribution < 1.29 is 22.7 Å². The van der Waals surface area contributed by atoms with Crippen molar-refractivity contribution in [1.82, 2.24) is 34.9 Å². The number of H-pyrrole nitrogens is 1. The molecule has 0 aliphatic carbocycles. The first kappa shape index (κ1) is 26.7. The van der Waals surface area contributed by atoms with E-state index in [0.717, 1.165) is 6.07 Å². The van der Waals surface area contributed by atoms with Gasteiger partial charge in [-0.3, -0.25) is 9.89 Å². The molecule has 1 aromatic carbocycles. The predicted molar refractivity (Wildman–Crippen MR) is 147 cm³/mol. The van der Waals surface area contributed by atoms with Crippen LogP contribution in [0.2, 0.25) is 0 Å². The second kappa shape index (κ2) is 10.2. The summed E-state index contributed by atoms with van der Waals surface area (Å²) in [5, 5.41) is 7.34. The number of fused-ring (bicyclic) bond motifs is 2. The van der Waals surface area contributed by atoms with E-state index in [1.165, 1.54) is 24.5 Å². The van der Waals surface area contributed by atoms with Crippen molar-refractivity contribution in [2.45, 2.75) is 12.2 Å². The maximum absolute atomic E-state index is 14.0. The first-order valence-electron chi connectivity index (χ1n) is 13.1. The van der Waals surface area contributed by atoms with E-state index in [-0.39, 0.29) is 17.2 Å². The number of halogens is 3. The molecule has 0 saturated carbocycles.